The maximum atomic E-state index is 15.0. The predicted octanol–water partition coefficient (Wildman–Crippen LogP) is -4.54. The minimum atomic E-state index is -1.52. The van der Waals surface area contributed by atoms with Crippen molar-refractivity contribution in [2.24, 2.45) is 44.4 Å². The smallest absolute Gasteiger partial charge is 0.244 e. The Morgan fingerprint density at radius 1 is 0.505 bits per heavy atom. The van der Waals surface area contributed by atoms with Crippen LogP contribution in [0.4, 0.5) is 0 Å². The van der Waals surface area contributed by atoms with E-state index in [1.165, 1.54) is 36.8 Å². The summed E-state index contributed by atoms with van der Waals surface area (Å²) >= 11 is 4.30. The molecule has 32 nitrogen and oxygen atoms in total. The largest absolute Gasteiger partial charge is 0.508 e. The molecular formula is C58H77N21O11S. The number of aromatic amines is 3. The maximum absolute atomic E-state index is 15.0. The second-order valence-electron chi connectivity index (χ2n) is 21.0. The van der Waals surface area contributed by atoms with Crippen molar-refractivity contribution < 1.29 is 53.1 Å². The molecule has 91 heavy (non-hydrogen) atoms. The van der Waals surface area contributed by atoms with Crippen molar-refractivity contribution in [3.05, 3.63) is 120 Å². The zero-order valence-electron chi connectivity index (χ0n) is 49.5. The van der Waals surface area contributed by atoms with Gasteiger partial charge in [0.15, 0.2) is 11.9 Å². The SMILES string of the molecule is NCC(=O)NCC(=O)N[C@@H](Cc1cnc[nH]1)C(=O)NCC(=O)N[C@@H](Cc1c[nH]c2ccccc12)C(=O)N[C@@H](CCCN=C(N)N)C(=O)N[C@@H](Cc1c[nH]c2ccccc12)C(=O)N[C@@H](Cc1ccc(O)cc1)C(=O)N[C@@H](CS)C(=O)N[C@@H](CCCN=C(N)N)C(N)=O. The lowest BCUT2D eigenvalue weighted by molar-refractivity contribution is -0.135. The molecule has 6 aromatic rings. The molecule has 0 saturated heterocycles. The molecule has 0 aliphatic heterocycles. The van der Waals surface area contributed by atoms with Crippen molar-refractivity contribution in [1.82, 2.24) is 67.8 Å². The van der Waals surface area contributed by atoms with E-state index in [1.807, 2.05) is 0 Å². The fourth-order valence-corrected chi connectivity index (χ4v) is 9.77. The first-order valence-corrected chi connectivity index (χ1v) is 29.5. The second-order valence-corrected chi connectivity index (χ2v) is 21.4. The first kappa shape index (κ1) is 69.4. The van der Waals surface area contributed by atoms with Crippen molar-refractivity contribution in [2.45, 2.75) is 93.7 Å². The third-order valence-electron chi connectivity index (χ3n) is 14.2. The number of H-pyrrole nitrogens is 3. The van der Waals surface area contributed by atoms with Gasteiger partial charge in [-0.3, -0.25) is 57.9 Å². The maximum Gasteiger partial charge on any atom is 0.244 e. The molecule has 25 N–H and O–H groups in total. The van der Waals surface area contributed by atoms with E-state index >= 15 is 9.59 Å². The van der Waals surface area contributed by atoms with E-state index in [1.54, 1.807) is 60.9 Å². The van der Waals surface area contributed by atoms with Crippen LogP contribution in [-0.2, 0) is 73.6 Å². The number of primary amides is 1. The van der Waals surface area contributed by atoms with Gasteiger partial charge >= 0.3 is 0 Å². The third-order valence-corrected chi connectivity index (χ3v) is 14.5. The minimum absolute atomic E-state index is 0.0113. The molecule has 0 spiro atoms. The van der Waals surface area contributed by atoms with Crippen LogP contribution < -0.4 is 82.3 Å². The molecule has 486 valence electrons. The number of para-hydroxylation sites is 2. The van der Waals surface area contributed by atoms with Crippen LogP contribution in [0.1, 0.15) is 48.1 Å². The third kappa shape index (κ3) is 22.1. The number of aromatic hydroxyl groups is 1. The van der Waals surface area contributed by atoms with Gasteiger partial charge in [-0.1, -0.05) is 48.5 Å². The standard InChI is InChI=1S/C58H77N21O11S/c59-23-47(81)70-27-48(82)74-45(22-34-26-65-30-72-34)51(85)71-28-49(83)73-43(20-32-24-68-38-9-3-1-7-36(32)38)54(88)76-41(12-6-18-67-58(63)64)52(86)78-44(21-33-25-69-39-10-4-2-8-37(33)39)55(89)77-42(19-31-13-15-35(80)16-14-31)53(87)79-46(29-91)56(90)75-40(50(60)84)11-5-17-66-57(61)62/h1-4,7-10,13-16,24-26,30,40-46,68-69,80,91H,5-6,11-12,17-23,27-29,59H2,(H2,60,84)(H,65,72)(H,70,81)(H,71,85)(H,73,83)(H,74,82)(H,75,90)(H,76,88)(H,77,89)(H,78,86)(H,79,87)(H4,61,62,66)(H4,63,64,67)/t40-,41-,42-,43-,44-,45-,46-/m0/s1. The molecule has 0 unspecified atom stereocenters. The van der Waals surface area contributed by atoms with Crippen LogP contribution in [0.5, 0.6) is 5.75 Å². The first-order valence-electron chi connectivity index (χ1n) is 28.8. The number of imidazole rings is 1. The summed E-state index contributed by atoms with van der Waals surface area (Å²) in [6.45, 7) is -1.48. The Morgan fingerprint density at radius 2 is 0.956 bits per heavy atom. The molecule has 0 radical (unpaired) electrons. The summed E-state index contributed by atoms with van der Waals surface area (Å²) in [5.41, 5.74) is 36.4. The van der Waals surface area contributed by atoms with Gasteiger partial charge < -0.3 is 102 Å². The molecule has 7 atom stereocenters. The van der Waals surface area contributed by atoms with E-state index in [0.29, 0.717) is 44.2 Å². The van der Waals surface area contributed by atoms with E-state index in [0.717, 1.165) is 0 Å². The fraction of sp³-hybridized carbons (Fsp3) is 0.362. The summed E-state index contributed by atoms with van der Waals surface area (Å²) < 4.78 is 0. The molecule has 0 fully saturated rings. The topological polar surface area (TPSA) is 540 Å². The number of nitrogens with one attached hydrogen (secondary N) is 12. The number of phenolic OH excluding ortho intramolecular Hbond substituents is 1. The lowest BCUT2D eigenvalue weighted by atomic mass is 10.0. The van der Waals surface area contributed by atoms with Crippen LogP contribution in [-0.4, -0.2) is 177 Å². The minimum Gasteiger partial charge on any atom is -0.508 e. The zero-order chi connectivity index (χ0) is 66.0. The number of guanidine groups is 2. The Bertz CT molecular complexity index is 3550. The number of rotatable bonds is 36. The average Bonchev–Trinajstić information content (AvgIpc) is 2.00. The highest BCUT2D eigenvalue weighted by Gasteiger charge is 2.35. The Labute approximate surface area is 526 Å². The number of fused-ring (bicyclic) bond motifs is 2. The van der Waals surface area contributed by atoms with Crippen molar-refractivity contribution in [2.75, 3.05) is 38.5 Å². The number of benzene rings is 3. The van der Waals surface area contributed by atoms with Gasteiger partial charge in [-0.2, -0.15) is 12.6 Å². The quantitative estimate of drug-likeness (QED) is 0.00762. The van der Waals surface area contributed by atoms with Gasteiger partial charge in [0, 0.05) is 90.6 Å². The van der Waals surface area contributed by atoms with Crippen LogP contribution in [0.3, 0.4) is 0 Å². The predicted molar refractivity (Wildman–Crippen MR) is 340 cm³/mol. The number of aliphatic imine (C=N–C) groups is 2. The number of nitrogens with two attached hydrogens (primary N) is 6. The molecule has 6 rings (SSSR count). The van der Waals surface area contributed by atoms with Gasteiger partial charge in [0.05, 0.1) is 26.0 Å². The number of carbonyl (C=O) groups excluding carboxylic acids is 10. The van der Waals surface area contributed by atoms with Gasteiger partial charge in [0.2, 0.25) is 59.1 Å². The number of hydrogen-bond donors (Lipinski definition) is 20. The molecule has 0 saturated carbocycles. The number of thiol groups is 1. The highest BCUT2D eigenvalue weighted by molar-refractivity contribution is 7.80. The van der Waals surface area contributed by atoms with Crippen molar-refractivity contribution in [3.8, 4) is 5.75 Å². The van der Waals surface area contributed by atoms with Crippen molar-refractivity contribution in [1.29, 1.82) is 0 Å². The summed E-state index contributed by atoms with van der Waals surface area (Å²) in [5, 5.41) is 34.9. The van der Waals surface area contributed by atoms with Crippen LogP contribution in [0, 0.1) is 0 Å². The summed E-state index contributed by atoms with van der Waals surface area (Å²) in [4.78, 5) is 159. The van der Waals surface area contributed by atoms with E-state index < -0.39 is 114 Å². The Balaban J connectivity index is 1.28. The van der Waals surface area contributed by atoms with Crippen LogP contribution in [0.2, 0.25) is 0 Å². The summed E-state index contributed by atoms with van der Waals surface area (Å²) in [7, 11) is 0. The molecular weight excluding hydrogens is 1200 g/mol. The number of hydrogen-bond acceptors (Lipinski definition) is 16. The number of aromatic nitrogens is 4. The van der Waals surface area contributed by atoms with E-state index in [2.05, 4.69) is 90.4 Å². The monoisotopic (exact) mass is 1280 g/mol. The molecule has 3 aromatic carbocycles. The highest BCUT2D eigenvalue weighted by Crippen LogP contribution is 2.22. The fourth-order valence-electron chi connectivity index (χ4n) is 9.51. The molecule has 3 heterocycles. The second kappa shape index (κ2) is 34.7. The number of amides is 10. The molecule has 33 heteroatoms. The van der Waals surface area contributed by atoms with Crippen molar-refractivity contribution >= 4 is 105 Å². The molecule has 0 aliphatic carbocycles. The van der Waals surface area contributed by atoms with Gasteiger partial charge in [-0.05, 0) is 66.6 Å². The van der Waals surface area contributed by atoms with Crippen LogP contribution in [0.25, 0.3) is 21.8 Å². The van der Waals surface area contributed by atoms with E-state index in [9.17, 15) is 43.5 Å². The summed E-state index contributed by atoms with van der Waals surface area (Å²) in [5.74, 6) is -9.12. The van der Waals surface area contributed by atoms with Crippen molar-refractivity contribution in [3.63, 3.8) is 0 Å². The number of carbonyl (C=O) groups is 10. The normalized spacial score (nSPS) is 13.3. The summed E-state index contributed by atoms with van der Waals surface area (Å²) in [6.07, 6.45) is 5.61. The lowest BCUT2D eigenvalue weighted by Gasteiger charge is -2.27. The lowest BCUT2D eigenvalue weighted by Crippen LogP contribution is -2.60. The highest BCUT2D eigenvalue weighted by atomic mass is 32.1. The van der Waals surface area contributed by atoms with Crippen LogP contribution >= 0.6 is 12.6 Å². The summed E-state index contributed by atoms with van der Waals surface area (Å²) in [6, 6.07) is 10.3. The van der Waals surface area contributed by atoms with Crippen LogP contribution in [0.15, 0.2) is 108 Å². The van der Waals surface area contributed by atoms with E-state index in [-0.39, 0.29) is 94.4 Å². The Morgan fingerprint density at radius 3 is 1.46 bits per heavy atom. The first-order chi connectivity index (χ1) is 43.6. The zero-order valence-corrected chi connectivity index (χ0v) is 50.4. The number of nitrogens with zero attached hydrogens (tertiary/aromatic N) is 3. The molecule has 3 aromatic heterocycles. The van der Waals surface area contributed by atoms with Gasteiger partial charge in [0.1, 0.15) is 48.0 Å². The Kier molecular flexibility index (Phi) is 26.5. The Hall–Kier alpha value is -10.7. The average molecular weight is 1280 g/mol. The number of phenols is 1. The molecule has 0 bridgehead atoms. The molecule has 0 aliphatic rings. The van der Waals surface area contributed by atoms with Gasteiger partial charge in [0.25, 0.3) is 0 Å². The van der Waals surface area contributed by atoms with Gasteiger partial charge in [-0.25, -0.2) is 4.98 Å². The van der Waals surface area contributed by atoms with E-state index in [4.69, 9.17) is 34.4 Å². The van der Waals surface area contributed by atoms with Gasteiger partial charge in [-0.15, -0.1) is 0 Å². The molecule has 10 amide bonds.